The predicted molar refractivity (Wildman–Crippen MR) is 144 cm³/mol. The molecule has 1 saturated heterocycles. The van der Waals surface area contributed by atoms with Crippen LogP contribution < -0.4 is 10.1 Å². The average Bonchev–Trinajstić information content (AvgIpc) is 3.38. The molecular weight excluding hydrogens is 527 g/mol. The molecule has 202 valence electrons. The number of urea groups is 1. The van der Waals surface area contributed by atoms with E-state index in [-0.39, 0.29) is 18.6 Å². The highest BCUT2D eigenvalue weighted by atomic mass is 32.1. The van der Waals surface area contributed by atoms with Crippen molar-refractivity contribution in [3.63, 3.8) is 0 Å². The first-order valence-corrected chi connectivity index (χ1v) is 13.3. The Morgan fingerprint density at radius 3 is 2.23 bits per heavy atom. The van der Waals surface area contributed by atoms with E-state index in [0.717, 1.165) is 39.0 Å². The van der Waals surface area contributed by atoms with Gasteiger partial charge in [-0.05, 0) is 73.5 Å². The summed E-state index contributed by atoms with van der Waals surface area (Å²) >= 11 is 1.48. The Morgan fingerprint density at radius 1 is 0.974 bits per heavy atom. The number of likely N-dealkylation sites (tertiary alicyclic amines) is 1. The number of carbonyl (C=O) groups excluding carboxylic acids is 1. The van der Waals surface area contributed by atoms with Gasteiger partial charge in [-0.1, -0.05) is 18.2 Å². The first-order chi connectivity index (χ1) is 18.8. The highest BCUT2D eigenvalue weighted by Gasteiger charge is 2.30. The molecule has 0 unspecified atom stereocenters. The van der Waals surface area contributed by atoms with Gasteiger partial charge in [-0.15, -0.1) is 11.3 Å². The summed E-state index contributed by atoms with van der Waals surface area (Å²) in [6, 6.07) is 21.1. The van der Waals surface area contributed by atoms with Crippen LogP contribution >= 0.6 is 11.3 Å². The second-order valence-corrected chi connectivity index (χ2v) is 10.3. The van der Waals surface area contributed by atoms with Gasteiger partial charge in [0.15, 0.2) is 0 Å². The summed E-state index contributed by atoms with van der Waals surface area (Å²) in [5, 5.41) is 13.6. The molecule has 0 bridgehead atoms. The number of aromatic nitrogens is 1. The largest absolute Gasteiger partial charge is 0.457 e. The number of benzene rings is 3. The number of anilines is 1. The number of piperidine rings is 1. The zero-order valence-corrected chi connectivity index (χ0v) is 21.6. The number of thiazole rings is 1. The quantitative estimate of drug-likeness (QED) is 0.259. The zero-order chi connectivity index (χ0) is 27.4. The fraction of sp³-hybridized carbons (Fsp3) is 0.241. The van der Waals surface area contributed by atoms with Crippen LogP contribution in [0.5, 0.6) is 11.5 Å². The van der Waals surface area contributed by atoms with E-state index in [4.69, 9.17) is 9.72 Å². The molecule has 5 rings (SSSR count). The molecule has 1 aliphatic rings. The molecule has 0 spiro atoms. The Labute approximate surface area is 227 Å². The molecule has 4 aromatic rings. The van der Waals surface area contributed by atoms with Gasteiger partial charge in [0, 0.05) is 30.3 Å². The van der Waals surface area contributed by atoms with Crippen molar-refractivity contribution in [2.45, 2.75) is 31.5 Å². The summed E-state index contributed by atoms with van der Waals surface area (Å²) in [5.74, 6) is 1.59. The molecule has 1 aliphatic heterocycles. The van der Waals surface area contributed by atoms with E-state index in [2.05, 4.69) is 5.32 Å². The number of ether oxygens (including phenoxy) is 1. The van der Waals surface area contributed by atoms with Crippen molar-refractivity contribution < 1.29 is 27.8 Å². The second kappa shape index (κ2) is 11.5. The van der Waals surface area contributed by atoms with Crippen LogP contribution in [0.25, 0.3) is 11.3 Å². The lowest BCUT2D eigenvalue weighted by Crippen LogP contribution is -2.40. The van der Waals surface area contributed by atoms with Crippen LogP contribution in [0.15, 0.2) is 78.9 Å². The van der Waals surface area contributed by atoms with Crippen LogP contribution in [0.1, 0.15) is 34.2 Å². The summed E-state index contributed by atoms with van der Waals surface area (Å²) in [5.41, 5.74) is 1.18. The number of nitrogens with zero attached hydrogens (tertiary/aromatic N) is 2. The SMILES string of the molecule is O=C(Nc1ccc(C(F)(F)F)cc1)N1CCC(c2nc(-c3ccc(Oc4ccccc4)cc3)c(CO)s2)CC1. The van der Waals surface area contributed by atoms with Crippen molar-refractivity contribution in [2.24, 2.45) is 0 Å². The van der Waals surface area contributed by atoms with E-state index in [1.807, 2.05) is 54.6 Å². The predicted octanol–water partition coefficient (Wildman–Crippen LogP) is 7.53. The monoisotopic (exact) mass is 553 g/mol. The Kier molecular flexibility index (Phi) is 7.85. The number of rotatable bonds is 6. The van der Waals surface area contributed by atoms with Crippen LogP contribution in [0, 0.1) is 0 Å². The number of aliphatic hydroxyl groups excluding tert-OH is 1. The van der Waals surface area contributed by atoms with Gasteiger partial charge >= 0.3 is 12.2 Å². The lowest BCUT2D eigenvalue weighted by Gasteiger charge is -2.31. The Balaban J connectivity index is 1.20. The Bertz CT molecular complexity index is 1400. The molecule has 2 N–H and O–H groups in total. The van der Waals surface area contributed by atoms with Gasteiger partial charge in [0.05, 0.1) is 27.7 Å². The molecule has 6 nitrogen and oxygen atoms in total. The van der Waals surface area contributed by atoms with Gasteiger partial charge in [0.25, 0.3) is 0 Å². The number of hydrogen-bond donors (Lipinski definition) is 2. The van der Waals surface area contributed by atoms with Gasteiger partial charge in [-0.25, -0.2) is 9.78 Å². The van der Waals surface area contributed by atoms with Gasteiger partial charge < -0.3 is 20.1 Å². The highest BCUT2D eigenvalue weighted by molar-refractivity contribution is 7.12. The van der Waals surface area contributed by atoms with E-state index in [9.17, 15) is 23.1 Å². The summed E-state index contributed by atoms with van der Waals surface area (Å²) in [7, 11) is 0. The van der Waals surface area contributed by atoms with Crippen molar-refractivity contribution in [1.82, 2.24) is 9.88 Å². The maximum absolute atomic E-state index is 12.8. The maximum Gasteiger partial charge on any atom is 0.416 e. The van der Waals surface area contributed by atoms with Crippen molar-refractivity contribution in [3.05, 3.63) is 94.3 Å². The minimum absolute atomic E-state index is 0.121. The summed E-state index contributed by atoms with van der Waals surface area (Å²) in [6.45, 7) is 0.863. The first-order valence-electron chi connectivity index (χ1n) is 12.5. The number of aliphatic hydroxyl groups is 1. The molecular formula is C29H26F3N3O3S. The van der Waals surface area contributed by atoms with E-state index in [0.29, 0.717) is 37.4 Å². The number of amides is 2. The molecule has 39 heavy (non-hydrogen) atoms. The van der Waals surface area contributed by atoms with Crippen molar-refractivity contribution in [2.75, 3.05) is 18.4 Å². The molecule has 0 saturated carbocycles. The van der Waals surface area contributed by atoms with Gasteiger partial charge in [-0.3, -0.25) is 0 Å². The van der Waals surface area contributed by atoms with E-state index >= 15 is 0 Å². The summed E-state index contributed by atoms with van der Waals surface area (Å²) in [4.78, 5) is 20.0. The fourth-order valence-electron chi connectivity index (χ4n) is 4.46. The van der Waals surface area contributed by atoms with Crippen LogP contribution in [-0.2, 0) is 12.8 Å². The average molecular weight is 554 g/mol. The second-order valence-electron chi connectivity index (χ2n) is 9.19. The van der Waals surface area contributed by atoms with Gasteiger partial charge in [0.1, 0.15) is 11.5 Å². The number of nitrogens with one attached hydrogen (secondary N) is 1. The maximum atomic E-state index is 12.8. The third-order valence-electron chi connectivity index (χ3n) is 6.56. The molecule has 2 amide bonds. The van der Waals surface area contributed by atoms with Crippen molar-refractivity contribution in [1.29, 1.82) is 0 Å². The lowest BCUT2D eigenvalue weighted by atomic mass is 9.97. The number of hydrogen-bond acceptors (Lipinski definition) is 5. The molecule has 1 fully saturated rings. The van der Waals surface area contributed by atoms with Crippen molar-refractivity contribution >= 4 is 23.1 Å². The Morgan fingerprint density at radius 2 is 1.62 bits per heavy atom. The minimum atomic E-state index is -4.42. The molecule has 2 heterocycles. The Hall–Kier alpha value is -3.89. The molecule has 10 heteroatoms. The minimum Gasteiger partial charge on any atom is -0.457 e. The lowest BCUT2D eigenvalue weighted by molar-refractivity contribution is -0.137. The van der Waals surface area contributed by atoms with Gasteiger partial charge in [0.2, 0.25) is 0 Å². The van der Waals surface area contributed by atoms with Crippen molar-refractivity contribution in [3.8, 4) is 22.8 Å². The van der Waals surface area contributed by atoms with Gasteiger partial charge in [-0.2, -0.15) is 13.2 Å². The number of carbonyl (C=O) groups is 1. The topological polar surface area (TPSA) is 74.7 Å². The molecule has 0 aliphatic carbocycles. The highest BCUT2D eigenvalue weighted by Crippen LogP contribution is 2.37. The van der Waals surface area contributed by atoms with Crippen LogP contribution in [0.2, 0.25) is 0 Å². The molecule has 1 aromatic heterocycles. The van der Waals surface area contributed by atoms with E-state index in [1.165, 1.54) is 23.5 Å². The number of alkyl halides is 3. The van der Waals surface area contributed by atoms with Crippen LogP contribution in [0.3, 0.4) is 0 Å². The summed E-state index contributed by atoms with van der Waals surface area (Å²) < 4.78 is 44.2. The number of halogens is 3. The third kappa shape index (κ3) is 6.40. The van der Waals surface area contributed by atoms with E-state index in [1.54, 1.807) is 4.90 Å². The van der Waals surface area contributed by atoms with Crippen LogP contribution in [0.4, 0.5) is 23.7 Å². The zero-order valence-electron chi connectivity index (χ0n) is 20.8. The molecule has 3 aromatic carbocycles. The first kappa shape index (κ1) is 26.7. The van der Waals surface area contributed by atoms with E-state index < -0.39 is 11.7 Å². The number of para-hydroxylation sites is 1. The molecule has 0 radical (unpaired) electrons. The smallest absolute Gasteiger partial charge is 0.416 e. The van der Waals surface area contributed by atoms with Crippen LogP contribution in [-0.4, -0.2) is 34.1 Å². The molecule has 0 atom stereocenters. The fourth-order valence-corrected chi connectivity index (χ4v) is 5.57. The normalized spacial score (nSPS) is 14.3. The summed E-state index contributed by atoms with van der Waals surface area (Å²) in [6.07, 6.45) is -3.03. The third-order valence-corrected chi connectivity index (χ3v) is 7.76. The standard InChI is InChI=1S/C29H26F3N3O3S/c30-29(31,32)21-8-10-22(11-9-21)33-28(37)35-16-14-20(15-17-35)27-34-26(25(18-36)39-27)19-6-12-24(13-7-19)38-23-4-2-1-3-5-23/h1-13,20,36H,14-18H2,(H,33,37).